The third-order valence-corrected chi connectivity index (χ3v) is 6.53. The van der Waals surface area contributed by atoms with E-state index in [0.717, 1.165) is 47.2 Å². The molecule has 0 unspecified atom stereocenters. The summed E-state index contributed by atoms with van der Waals surface area (Å²) in [4.78, 5) is 26.6. The van der Waals surface area contributed by atoms with Crippen LogP contribution in [0.2, 0.25) is 5.02 Å². The molecule has 0 saturated heterocycles. The topological polar surface area (TPSA) is 82.4 Å². The lowest BCUT2D eigenvalue weighted by Crippen LogP contribution is -2.37. The number of aryl methyl sites for hydroxylation is 1. The Labute approximate surface area is 203 Å². The molecule has 4 rings (SSSR count). The molecule has 0 spiro atoms. The fraction of sp³-hybridized carbons (Fsp3) is 0.346. The first-order valence-corrected chi connectivity index (χ1v) is 11.7. The van der Waals surface area contributed by atoms with Gasteiger partial charge in [0.25, 0.3) is 5.56 Å². The Kier molecular flexibility index (Phi) is 6.93. The summed E-state index contributed by atoms with van der Waals surface area (Å²) in [6, 6.07) is 10.4. The van der Waals surface area contributed by atoms with Gasteiger partial charge in [-0.05, 0) is 51.2 Å². The van der Waals surface area contributed by atoms with Gasteiger partial charge in [0.2, 0.25) is 5.91 Å². The Hall–Kier alpha value is -3.32. The van der Waals surface area contributed by atoms with Gasteiger partial charge < -0.3 is 14.8 Å². The van der Waals surface area contributed by atoms with E-state index in [1.54, 1.807) is 19.1 Å². The number of carbonyl (C=O) groups is 1. The van der Waals surface area contributed by atoms with Crippen LogP contribution in [0.1, 0.15) is 42.5 Å². The molecule has 1 heterocycles. The summed E-state index contributed by atoms with van der Waals surface area (Å²) in [6.45, 7) is 3.69. The van der Waals surface area contributed by atoms with E-state index in [1.807, 2.05) is 31.2 Å². The van der Waals surface area contributed by atoms with Gasteiger partial charge in [-0.25, -0.2) is 4.68 Å². The summed E-state index contributed by atoms with van der Waals surface area (Å²) in [7, 11) is 2.99. The van der Waals surface area contributed by atoms with Crippen molar-refractivity contribution in [1.29, 1.82) is 0 Å². The Morgan fingerprint density at radius 2 is 1.71 bits per heavy atom. The lowest BCUT2D eigenvalue weighted by atomic mass is 9.89. The van der Waals surface area contributed by atoms with Crippen LogP contribution in [0.5, 0.6) is 11.5 Å². The molecule has 178 valence electrons. The zero-order valence-electron chi connectivity index (χ0n) is 19.8. The molecule has 0 fully saturated rings. The second-order valence-electron chi connectivity index (χ2n) is 8.48. The summed E-state index contributed by atoms with van der Waals surface area (Å²) in [5, 5.41) is 7.85. The number of carbonyl (C=O) groups excluding carboxylic acids is 1. The number of aromatic nitrogens is 2. The highest BCUT2D eigenvalue weighted by atomic mass is 35.5. The van der Waals surface area contributed by atoms with Crippen molar-refractivity contribution in [3.05, 3.63) is 68.5 Å². The van der Waals surface area contributed by atoms with E-state index >= 15 is 0 Å². The van der Waals surface area contributed by atoms with Crippen molar-refractivity contribution in [3.8, 4) is 22.8 Å². The number of benzene rings is 2. The molecule has 3 aromatic rings. The first-order valence-electron chi connectivity index (χ1n) is 11.3. The molecule has 0 saturated carbocycles. The molecule has 1 aromatic heterocycles. The van der Waals surface area contributed by atoms with E-state index in [1.165, 1.54) is 18.9 Å². The van der Waals surface area contributed by atoms with Gasteiger partial charge in [0.1, 0.15) is 17.5 Å². The molecule has 1 aliphatic carbocycles. The van der Waals surface area contributed by atoms with Gasteiger partial charge in [0.05, 0.1) is 30.6 Å². The van der Waals surface area contributed by atoms with Crippen molar-refractivity contribution >= 4 is 23.2 Å². The minimum Gasteiger partial charge on any atom is -0.495 e. The number of rotatable bonds is 6. The van der Waals surface area contributed by atoms with Crippen molar-refractivity contribution in [3.63, 3.8) is 0 Å². The van der Waals surface area contributed by atoms with E-state index in [2.05, 4.69) is 5.32 Å². The number of amides is 1. The minimum atomic E-state index is -0.852. The standard InChI is InChI=1S/C26H28ClN3O4/c1-15-9-11-17(12-10-15)24-18-7-5-6-8-19(18)26(32)30(29-24)16(2)25(31)28-21-13-20(27)22(33-3)14-23(21)34-4/h9-14,16H,5-8H2,1-4H3,(H,28,31)/t16-/m1/s1. The molecule has 7 nitrogen and oxygen atoms in total. The monoisotopic (exact) mass is 481 g/mol. The molecule has 2 aromatic carbocycles. The third-order valence-electron chi connectivity index (χ3n) is 6.23. The van der Waals surface area contributed by atoms with Crippen LogP contribution in [0.3, 0.4) is 0 Å². The van der Waals surface area contributed by atoms with E-state index in [9.17, 15) is 9.59 Å². The Morgan fingerprint density at radius 1 is 1.06 bits per heavy atom. The molecule has 1 aliphatic rings. The Bertz CT molecular complexity index is 1280. The summed E-state index contributed by atoms with van der Waals surface area (Å²) >= 11 is 6.24. The second kappa shape index (κ2) is 9.89. The average molecular weight is 482 g/mol. The van der Waals surface area contributed by atoms with Crippen molar-refractivity contribution in [2.45, 2.75) is 45.6 Å². The molecule has 34 heavy (non-hydrogen) atoms. The smallest absolute Gasteiger partial charge is 0.271 e. The highest BCUT2D eigenvalue weighted by molar-refractivity contribution is 6.32. The number of ether oxygens (including phenoxy) is 2. The first-order chi connectivity index (χ1) is 16.3. The predicted octanol–water partition coefficient (Wildman–Crippen LogP) is 4.97. The summed E-state index contributed by atoms with van der Waals surface area (Å²) in [6.07, 6.45) is 3.46. The Morgan fingerprint density at radius 3 is 2.35 bits per heavy atom. The number of halogens is 1. The normalized spacial score (nSPS) is 13.7. The molecule has 8 heteroatoms. The average Bonchev–Trinajstić information content (AvgIpc) is 2.85. The van der Waals surface area contributed by atoms with E-state index < -0.39 is 11.9 Å². The van der Waals surface area contributed by atoms with Crippen LogP contribution in [-0.4, -0.2) is 29.9 Å². The minimum absolute atomic E-state index is 0.215. The van der Waals surface area contributed by atoms with Crippen LogP contribution in [0.4, 0.5) is 5.69 Å². The lowest BCUT2D eigenvalue weighted by molar-refractivity contribution is -0.119. The number of hydrogen-bond acceptors (Lipinski definition) is 5. The largest absolute Gasteiger partial charge is 0.495 e. The van der Waals surface area contributed by atoms with Crippen molar-refractivity contribution < 1.29 is 14.3 Å². The van der Waals surface area contributed by atoms with Crippen LogP contribution < -0.4 is 20.3 Å². The zero-order valence-corrected chi connectivity index (χ0v) is 20.5. The number of hydrogen-bond donors (Lipinski definition) is 1. The number of nitrogens with one attached hydrogen (secondary N) is 1. The number of anilines is 1. The number of nitrogens with zero attached hydrogens (tertiary/aromatic N) is 2. The second-order valence-corrected chi connectivity index (χ2v) is 8.89. The quantitative estimate of drug-likeness (QED) is 0.537. The highest BCUT2D eigenvalue weighted by Gasteiger charge is 2.26. The summed E-state index contributed by atoms with van der Waals surface area (Å²) in [5.74, 6) is 0.424. The first kappa shape index (κ1) is 23.8. The fourth-order valence-corrected chi connectivity index (χ4v) is 4.51. The Balaban J connectivity index is 1.73. The van der Waals surface area contributed by atoms with E-state index in [0.29, 0.717) is 28.6 Å². The molecule has 0 radical (unpaired) electrons. The van der Waals surface area contributed by atoms with Gasteiger partial charge in [-0.3, -0.25) is 9.59 Å². The molecule has 0 bridgehead atoms. The van der Waals surface area contributed by atoms with Gasteiger partial charge in [0.15, 0.2) is 0 Å². The zero-order chi connectivity index (χ0) is 24.4. The molecular formula is C26H28ClN3O4. The van der Waals surface area contributed by atoms with Crippen LogP contribution in [0.25, 0.3) is 11.3 Å². The number of fused-ring (bicyclic) bond motifs is 1. The maximum Gasteiger partial charge on any atom is 0.271 e. The van der Waals surface area contributed by atoms with Gasteiger partial charge >= 0.3 is 0 Å². The van der Waals surface area contributed by atoms with Crippen LogP contribution in [0.15, 0.2) is 41.2 Å². The third kappa shape index (κ3) is 4.53. The summed E-state index contributed by atoms with van der Waals surface area (Å²) in [5.41, 5.74) is 4.76. The van der Waals surface area contributed by atoms with Crippen LogP contribution >= 0.6 is 11.6 Å². The highest BCUT2D eigenvalue weighted by Crippen LogP contribution is 2.36. The molecule has 1 atom stereocenters. The molecule has 1 N–H and O–H groups in total. The lowest BCUT2D eigenvalue weighted by Gasteiger charge is -2.23. The van der Waals surface area contributed by atoms with E-state index in [4.69, 9.17) is 26.2 Å². The predicted molar refractivity (Wildman–Crippen MR) is 133 cm³/mol. The van der Waals surface area contributed by atoms with Gasteiger partial charge in [-0.2, -0.15) is 5.10 Å². The fourth-order valence-electron chi connectivity index (χ4n) is 4.27. The SMILES string of the molecule is COc1cc(OC)c(NC(=O)[C@@H](C)n2nc(-c3ccc(C)cc3)c3c(c2=O)CCCC3)cc1Cl. The van der Waals surface area contributed by atoms with Crippen molar-refractivity contribution in [1.82, 2.24) is 9.78 Å². The molecule has 1 amide bonds. The van der Waals surface area contributed by atoms with Gasteiger partial charge in [0, 0.05) is 17.2 Å². The maximum absolute atomic E-state index is 13.4. The van der Waals surface area contributed by atoms with E-state index in [-0.39, 0.29) is 5.56 Å². The van der Waals surface area contributed by atoms with Gasteiger partial charge in [-0.1, -0.05) is 41.4 Å². The van der Waals surface area contributed by atoms with Crippen molar-refractivity contribution in [2.75, 3.05) is 19.5 Å². The van der Waals surface area contributed by atoms with Gasteiger partial charge in [-0.15, -0.1) is 0 Å². The van der Waals surface area contributed by atoms with Crippen LogP contribution in [-0.2, 0) is 17.6 Å². The summed E-state index contributed by atoms with van der Waals surface area (Å²) < 4.78 is 11.9. The number of methoxy groups -OCH3 is 2. The molecular weight excluding hydrogens is 454 g/mol. The van der Waals surface area contributed by atoms with Crippen LogP contribution in [0, 0.1) is 6.92 Å². The van der Waals surface area contributed by atoms with Crippen molar-refractivity contribution in [2.24, 2.45) is 0 Å². The molecule has 0 aliphatic heterocycles. The maximum atomic E-state index is 13.4.